The van der Waals surface area contributed by atoms with Gasteiger partial charge in [-0.15, -0.1) is 11.3 Å². The first-order chi connectivity index (χ1) is 23.3. The molecule has 47 heavy (non-hydrogen) atoms. The van der Waals surface area contributed by atoms with Crippen LogP contribution in [0.3, 0.4) is 0 Å². The van der Waals surface area contributed by atoms with Crippen LogP contribution in [0.1, 0.15) is 0 Å². The normalized spacial score (nSPS) is 11.8. The zero-order chi connectivity index (χ0) is 30.9. The Morgan fingerprint density at radius 3 is 1.81 bits per heavy atom. The van der Waals surface area contributed by atoms with E-state index >= 15 is 0 Å². The van der Waals surface area contributed by atoms with Gasteiger partial charge in [-0.05, 0) is 58.1 Å². The summed E-state index contributed by atoms with van der Waals surface area (Å²) in [6, 6.07) is 58.7. The van der Waals surface area contributed by atoms with Crippen LogP contribution in [0.4, 0.5) is 17.1 Å². The summed E-state index contributed by atoms with van der Waals surface area (Å²) >= 11 is 1.85. The predicted molar refractivity (Wildman–Crippen MR) is 202 cm³/mol. The Morgan fingerprint density at radius 1 is 0.404 bits per heavy atom. The smallest absolute Gasteiger partial charge is 0.145 e. The van der Waals surface area contributed by atoms with E-state index in [1.165, 1.54) is 36.3 Å². The fourth-order valence-electron chi connectivity index (χ4n) is 7.42. The highest BCUT2D eigenvalue weighted by atomic mass is 32.1. The van der Waals surface area contributed by atoms with Crippen molar-refractivity contribution in [3.05, 3.63) is 164 Å². The highest BCUT2D eigenvalue weighted by Crippen LogP contribution is 2.51. The molecule has 2 heterocycles. The second-order valence-electron chi connectivity index (χ2n) is 12.0. The van der Waals surface area contributed by atoms with Gasteiger partial charge in [-0.2, -0.15) is 0 Å². The molecule has 0 spiro atoms. The molecular weight excluding hydrogens is 591 g/mol. The summed E-state index contributed by atoms with van der Waals surface area (Å²) in [5.74, 6) is 0. The second-order valence-corrected chi connectivity index (χ2v) is 13.1. The molecule has 0 fully saturated rings. The van der Waals surface area contributed by atoms with E-state index < -0.39 is 0 Å². The Kier molecular flexibility index (Phi) is 5.78. The number of hydrogen-bond acceptors (Lipinski definition) is 3. The molecule has 8 aromatic carbocycles. The molecule has 0 radical (unpaired) electrons. The summed E-state index contributed by atoms with van der Waals surface area (Å²) < 4.78 is 9.69. The average molecular weight is 618 g/mol. The molecule has 0 aliphatic carbocycles. The maximum absolute atomic E-state index is 7.13. The molecule has 0 saturated carbocycles. The van der Waals surface area contributed by atoms with Crippen molar-refractivity contribution in [1.82, 2.24) is 0 Å². The van der Waals surface area contributed by atoms with Crippen molar-refractivity contribution in [2.24, 2.45) is 0 Å². The van der Waals surface area contributed by atoms with Gasteiger partial charge in [-0.3, -0.25) is 0 Å². The number of nitrogens with zero attached hydrogens (tertiary/aromatic N) is 1. The molecule has 10 aromatic rings. The summed E-state index contributed by atoms with van der Waals surface area (Å²) in [6.07, 6.45) is 0. The van der Waals surface area contributed by atoms with E-state index in [1.807, 2.05) is 11.3 Å². The van der Waals surface area contributed by atoms with Crippen molar-refractivity contribution in [1.29, 1.82) is 0 Å². The van der Waals surface area contributed by atoms with E-state index in [1.54, 1.807) is 0 Å². The lowest BCUT2D eigenvalue weighted by Gasteiger charge is -2.28. The molecule has 220 valence electrons. The van der Waals surface area contributed by atoms with Gasteiger partial charge in [0.2, 0.25) is 0 Å². The number of para-hydroxylation sites is 1. The monoisotopic (exact) mass is 617 g/mol. The number of rotatable bonds is 4. The molecule has 0 aliphatic heterocycles. The Morgan fingerprint density at radius 2 is 1.02 bits per heavy atom. The summed E-state index contributed by atoms with van der Waals surface area (Å²) in [5, 5.41) is 9.64. The largest absolute Gasteiger partial charge is 0.455 e. The van der Waals surface area contributed by atoms with Crippen molar-refractivity contribution in [3.63, 3.8) is 0 Å². The molecule has 2 aromatic heterocycles. The molecule has 0 unspecified atom stereocenters. The van der Waals surface area contributed by atoms with Crippen molar-refractivity contribution in [3.8, 4) is 11.1 Å². The summed E-state index contributed by atoms with van der Waals surface area (Å²) in [6.45, 7) is 0. The van der Waals surface area contributed by atoms with Gasteiger partial charge in [-0.1, -0.05) is 127 Å². The first kappa shape index (κ1) is 26.3. The van der Waals surface area contributed by atoms with Crippen LogP contribution >= 0.6 is 11.3 Å². The minimum atomic E-state index is 0.898. The predicted octanol–water partition coefficient (Wildman–Crippen LogP) is 13.4. The molecule has 0 bridgehead atoms. The van der Waals surface area contributed by atoms with Gasteiger partial charge < -0.3 is 9.32 Å². The van der Waals surface area contributed by atoms with Gasteiger partial charge in [0.15, 0.2) is 0 Å². The van der Waals surface area contributed by atoms with Crippen LogP contribution in [-0.4, -0.2) is 0 Å². The van der Waals surface area contributed by atoms with Crippen LogP contribution in [0.25, 0.3) is 74.8 Å². The van der Waals surface area contributed by atoms with Crippen LogP contribution in [0, 0.1) is 0 Å². The lowest BCUT2D eigenvalue weighted by Crippen LogP contribution is -2.11. The van der Waals surface area contributed by atoms with Gasteiger partial charge in [0, 0.05) is 42.9 Å². The van der Waals surface area contributed by atoms with E-state index in [9.17, 15) is 0 Å². The van der Waals surface area contributed by atoms with Crippen molar-refractivity contribution < 1.29 is 4.42 Å². The molecule has 0 amide bonds. The van der Waals surface area contributed by atoms with Crippen LogP contribution in [0.5, 0.6) is 0 Å². The molecule has 3 heteroatoms. The van der Waals surface area contributed by atoms with E-state index in [0.717, 1.165) is 55.5 Å². The standard InChI is InChI=1S/C44H27NOS/c1-3-14-28(15-4-1)40-37(27-26-36-41-33-21-9-7-18-30(33)31-19-8-10-22-34(31)42(41)46-43(36)40)45(29-16-5-2-6-17-29)38-24-13-23-35-32-20-11-12-25-39(32)47-44(35)38/h1-27H. The third kappa shape index (κ3) is 3.90. The lowest BCUT2D eigenvalue weighted by atomic mass is 9.95. The third-order valence-corrected chi connectivity index (χ3v) is 10.6. The Labute approximate surface area is 275 Å². The van der Waals surface area contributed by atoms with Crippen LogP contribution < -0.4 is 4.90 Å². The average Bonchev–Trinajstić information content (AvgIpc) is 3.72. The lowest BCUT2D eigenvalue weighted by molar-refractivity contribution is 0.674. The molecule has 10 rings (SSSR count). The number of fused-ring (bicyclic) bond motifs is 11. The van der Waals surface area contributed by atoms with Crippen LogP contribution in [0.2, 0.25) is 0 Å². The number of benzene rings is 8. The van der Waals surface area contributed by atoms with Crippen LogP contribution in [-0.2, 0) is 0 Å². The van der Waals surface area contributed by atoms with E-state index in [-0.39, 0.29) is 0 Å². The molecule has 0 saturated heterocycles. The second kappa shape index (κ2) is 10.3. The number of furan rings is 1. The van der Waals surface area contributed by atoms with Gasteiger partial charge in [0.05, 0.1) is 16.1 Å². The first-order valence-electron chi connectivity index (χ1n) is 15.9. The van der Waals surface area contributed by atoms with Gasteiger partial charge >= 0.3 is 0 Å². The van der Waals surface area contributed by atoms with Crippen molar-refractivity contribution in [2.75, 3.05) is 4.90 Å². The molecule has 0 aliphatic rings. The van der Waals surface area contributed by atoms with Crippen LogP contribution in [0.15, 0.2) is 168 Å². The summed E-state index contributed by atoms with van der Waals surface area (Å²) in [7, 11) is 0. The van der Waals surface area contributed by atoms with E-state index in [0.29, 0.717) is 0 Å². The van der Waals surface area contributed by atoms with Crippen molar-refractivity contribution >= 4 is 92.1 Å². The maximum atomic E-state index is 7.13. The molecular formula is C44H27NOS. The van der Waals surface area contributed by atoms with Gasteiger partial charge in [0.25, 0.3) is 0 Å². The van der Waals surface area contributed by atoms with Gasteiger partial charge in [0.1, 0.15) is 11.2 Å². The number of thiophene rings is 1. The quantitative estimate of drug-likeness (QED) is 0.183. The fraction of sp³-hybridized carbons (Fsp3) is 0. The minimum Gasteiger partial charge on any atom is -0.455 e. The van der Waals surface area contributed by atoms with Gasteiger partial charge in [-0.25, -0.2) is 0 Å². The van der Waals surface area contributed by atoms with E-state index in [2.05, 4.69) is 169 Å². The maximum Gasteiger partial charge on any atom is 0.145 e. The molecule has 2 nitrogen and oxygen atoms in total. The molecule has 0 N–H and O–H groups in total. The summed E-state index contributed by atoms with van der Waals surface area (Å²) in [5.41, 5.74) is 7.35. The highest BCUT2D eigenvalue weighted by Gasteiger charge is 2.25. The number of hydrogen-bond donors (Lipinski definition) is 0. The topological polar surface area (TPSA) is 16.4 Å². The summed E-state index contributed by atoms with van der Waals surface area (Å²) in [4.78, 5) is 2.42. The van der Waals surface area contributed by atoms with E-state index in [4.69, 9.17) is 4.42 Å². The Hall–Kier alpha value is -5.90. The Balaban J connectivity index is 1.37. The van der Waals surface area contributed by atoms with Crippen molar-refractivity contribution in [2.45, 2.75) is 0 Å². The zero-order valence-electron chi connectivity index (χ0n) is 25.4. The minimum absolute atomic E-state index is 0.898. The molecule has 0 atom stereocenters. The first-order valence-corrected chi connectivity index (χ1v) is 16.8. The Bertz CT molecular complexity index is 2790. The fourth-order valence-corrected chi connectivity index (χ4v) is 8.63. The number of anilines is 3. The zero-order valence-corrected chi connectivity index (χ0v) is 26.2. The SMILES string of the molecule is c1ccc(-c2c(N(c3ccccc3)c3cccc4c3sc3ccccc34)ccc3c2oc2c4ccccc4c4ccccc4c32)cc1. The third-order valence-electron chi connectivity index (χ3n) is 9.44. The highest BCUT2D eigenvalue weighted by molar-refractivity contribution is 7.26.